The number of hydrogen-bond acceptors (Lipinski definition) is 4. The van der Waals surface area contributed by atoms with Crippen LogP contribution in [0.2, 0.25) is 5.02 Å². The molecule has 2 aromatic heterocycles. The average Bonchev–Trinajstić information content (AvgIpc) is 3.06. The Morgan fingerprint density at radius 1 is 1.29 bits per heavy atom. The lowest BCUT2D eigenvalue weighted by Crippen LogP contribution is -2.22. The van der Waals surface area contributed by atoms with Crippen LogP contribution in [0.5, 0.6) is 0 Å². The first-order valence-electron chi connectivity index (χ1n) is 7.27. The Kier molecular flexibility index (Phi) is 5.24. The van der Waals surface area contributed by atoms with Crippen molar-refractivity contribution in [1.82, 2.24) is 19.2 Å². The fraction of sp³-hybridized carbons (Fsp3) is 0.250. The number of halogens is 2. The molecule has 0 saturated heterocycles. The first kappa shape index (κ1) is 17.4. The van der Waals surface area contributed by atoms with E-state index in [0.717, 1.165) is 21.8 Å². The molecule has 0 N–H and O–H groups in total. The van der Waals surface area contributed by atoms with Gasteiger partial charge in [-0.3, -0.25) is 4.90 Å². The van der Waals surface area contributed by atoms with Crippen LogP contribution in [0.1, 0.15) is 5.76 Å². The second-order valence-electron chi connectivity index (χ2n) is 5.51. The van der Waals surface area contributed by atoms with E-state index in [2.05, 4.69) is 25.9 Å². The van der Waals surface area contributed by atoms with Gasteiger partial charge in [0.2, 0.25) is 0 Å². The molecule has 8 heteroatoms. The molecule has 0 unspecified atom stereocenters. The van der Waals surface area contributed by atoms with Crippen LogP contribution in [-0.4, -0.2) is 26.3 Å². The normalized spacial score (nSPS) is 11.4. The largest absolute Gasteiger partial charge is 0.453 e. The van der Waals surface area contributed by atoms with E-state index in [-0.39, 0.29) is 0 Å². The number of benzene rings is 1. The van der Waals surface area contributed by atoms with Gasteiger partial charge in [0.05, 0.1) is 18.2 Å². The van der Waals surface area contributed by atoms with E-state index < -0.39 is 0 Å². The molecule has 0 bridgehead atoms. The van der Waals surface area contributed by atoms with Gasteiger partial charge in [0, 0.05) is 12.6 Å². The molecule has 3 rings (SSSR count). The Labute approximate surface area is 158 Å². The summed E-state index contributed by atoms with van der Waals surface area (Å²) >= 11 is 15.1. The summed E-state index contributed by atoms with van der Waals surface area (Å²) < 4.78 is 10.5. The molecule has 0 aliphatic rings. The van der Waals surface area contributed by atoms with Crippen molar-refractivity contribution in [3.63, 3.8) is 0 Å². The van der Waals surface area contributed by atoms with Crippen molar-refractivity contribution in [1.29, 1.82) is 0 Å². The molecule has 5 nitrogen and oxygen atoms in total. The van der Waals surface area contributed by atoms with Crippen molar-refractivity contribution < 1.29 is 4.42 Å². The highest BCUT2D eigenvalue weighted by Crippen LogP contribution is 2.26. The number of rotatable bonds is 5. The fourth-order valence-electron chi connectivity index (χ4n) is 2.44. The van der Waals surface area contributed by atoms with E-state index in [0.29, 0.717) is 23.0 Å². The molecular formula is C16H16BrClN4OS. The Balaban J connectivity index is 1.83. The summed E-state index contributed by atoms with van der Waals surface area (Å²) in [6.07, 6.45) is 0. The summed E-state index contributed by atoms with van der Waals surface area (Å²) in [5.41, 5.74) is 0.865. The molecule has 0 radical (unpaired) electrons. The summed E-state index contributed by atoms with van der Waals surface area (Å²) in [6, 6.07) is 11.4. The molecule has 0 spiro atoms. The predicted octanol–water partition coefficient (Wildman–Crippen LogP) is 4.72. The second-order valence-corrected chi connectivity index (χ2v) is 7.06. The minimum atomic E-state index is 0.551. The van der Waals surface area contributed by atoms with E-state index in [4.69, 9.17) is 28.2 Å². The van der Waals surface area contributed by atoms with Gasteiger partial charge in [0.15, 0.2) is 15.3 Å². The quantitative estimate of drug-likeness (QED) is 0.553. The van der Waals surface area contributed by atoms with Crippen molar-refractivity contribution in [2.24, 2.45) is 7.05 Å². The van der Waals surface area contributed by atoms with Crippen molar-refractivity contribution in [3.8, 4) is 11.4 Å². The van der Waals surface area contributed by atoms with Gasteiger partial charge in [0.25, 0.3) is 0 Å². The van der Waals surface area contributed by atoms with Crippen LogP contribution in [0, 0.1) is 4.77 Å². The van der Waals surface area contributed by atoms with Crippen molar-refractivity contribution >= 4 is 39.7 Å². The van der Waals surface area contributed by atoms with E-state index in [1.807, 2.05) is 55.1 Å². The van der Waals surface area contributed by atoms with Gasteiger partial charge in [-0.15, -0.1) is 0 Å². The standard InChI is InChI=1S/C16H16BrClN4OS/c1-20(9-11-7-8-14(17)23-11)10-22-16(24)21(2)15(19-22)12-5-3-4-6-13(12)18/h3-8H,9-10H2,1-2H3. The third-order valence-electron chi connectivity index (χ3n) is 3.59. The molecule has 0 saturated carbocycles. The lowest BCUT2D eigenvalue weighted by atomic mass is 10.2. The molecule has 2 heterocycles. The van der Waals surface area contributed by atoms with Crippen molar-refractivity contribution in [3.05, 3.63) is 56.6 Å². The van der Waals surface area contributed by atoms with E-state index in [1.54, 1.807) is 4.68 Å². The Hall–Kier alpha value is -1.41. The Morgan fingerprint density at radius 3 is 2.71 bits per heavy atom. The summed E-state index contributed by atoms with van der Waals surface area (Å²) in [5.74, 6) is 1.62. The molecule has 0 aliphatic heterocycles. The van der Waals surface area contributed by atoms with Gasteiger partial charge in [-0.25, -0.2) is 4.68 Å². The topological polar surface area (TPSA) is 39.1 Å². The summed E-state index contributed by atoms with van der Waals surface area (Å²) in [7, 11) is 3.89. The smallest absolute Gasteiger partial charge is 0.199 e. The number of furan rings is 1. The van der Waals surface area contributed by atoms with Crippen LogP contribution < -0.4 is 0 Å². The van der Waals surface area contributed by atoms with Crippen molar-refractivity contribution in [2.45, 2.75) is 13.2 Å². The minimum Gasteiger partial charge on any atom is -0.453 e. The van der Waals surface area contributed by atoms with E-state index in [1.165, 1.54) is 0 Å². The molecule has 126 valence electrons. The lowest BCUT2D eigenvalue weighted by molar-refractivity contribution is 0.224. The molecule has 0 amide bonds. The Bertz CT molecular complexity index is 917. The van der Waals surface area contributed by atoms with Gasteiger partial charge in [-0.2, -0.15) is 5.10 Å². The zero-order valence-corrected chi connectivity index (χ0v) is 16.4. The van der Waals surface area contributed by atoms with Crippen molar-refractivity contribution in [2.75, 3.05) is 7.05 Å². The molecule has 0 atom stereocenters. The molecule has 24 heavy (non-hydrogen) atoms. The fourth-order valence-corrected chi connectivity index (χ4v) is 3.18. The summed E-state index contributed by atoms with van der Waals surface area (Å²) in [6.45, 7) is 1.21. The van der Waals surface area contributed by atoms with Gasteiger partial charge in [0.1, 0.15) is 5.76 Å². The van der Waals surface area contributed by atoms with E-state index >= 15 is 0 Å². The monoisotopic (exact) mass is 426 g/mol. The van der Waals surface area contributed by atoms with E-state index in [9.17, 15) is 0 Å². The van der Waals surface area contributed by atoms with Gasteiger partial charge in [-0.05, 0) is 59.5 Å². The zero-order valence-electron chi connectivity index (χ0n) is 13.2. The summed E-state index contributed by atoms with van der Waals surface area (Å²) in [5, 5.41) is 5.29. The highest BCUT2D eigenvalue weighted by Gasteiger charge is 2.14. The zero-order chi connectivity index (χ0) is 17.3. The average molecular weight is 428 g/mol. The van der Waals surface area contributed by atoms with Gasteiger partial charge >= 0.3 is 0 Å². The molecule has 0 aliphatic carbocycles. The third kappa shape index (κ3) is 3.64. The molecule has 3 aromatic rings. The molecule has 0 fully saturated rings. The Morgan fingerprint density at radius 2 is 2.04 bits per heavy atom. The SMILES string of the molecule is CN(Cc1ccc(Br)o1)Cn1nc(-c2ccccc2Cl)n(C)c1=S. The van der Waals surface area contributed by atoms with Crippen LogP contribution in [0.25, 0.3) is 11.4 Å². The van der Waals surface area contributed by atoms with Crippen LogP contribution >= 0.6 is 39.7 Å². The maximum atomic E-state index is 6.28. The predicted molar refractivity (Wildman–Crippen MR) is 100 cm³/mol. The summed E-state index contributed by atoms with van der Waals surface area (Å²) in [4.78, 5) is 2.07. The first-order valence-corrected chi connectivity index (χ1v) is 8.85. The maximum Gasteiger partial charge on any atom is 0.199 e. The highest BCUT2D eigenvalue weighted by atomic mass is 79.9. The van der Waals surface area contributed by atoms with Gasteiger partial charge < -0.3 is 8.98 Å². The van der Waals surface area contributed by atoms with Crippen LogP contribution in [0.15, 0.2) is 45.5 Å². The highest BCUT2D eigenvalue weighted by molar-refractivity contribution is 9.10. The number of nitrogens with zero attached hydrogens (tertiary/aromatic N) is 4. The maximum absolute atomic E-state index is 6.28. The number of aromatic nitrogens is 3. The van der Waals surface area contributed by atoms with Crippen LogP contribution in [0.3, 0.4) is 0 Å². The number of hydrogen-bond donors (Lipinski definition) is 0. The second kappa shape index (κ2) is 7.23. The minimum absolute atomic E-state index is 0.551. The molecular weight excluding hydrogens is 412 g/mol. The first-order chi connectivity index (χ1) is 11.5. The van der Waals surface area contributed by atoms with Gasteiger partial charge in [-0.1, -0.05) is 23.7 Å². The third-order valence-corrected chi connectivity index (χ3v) is 4.83. The molecule has 1 aromatic carbocycles. The lowest BCUT2D eigenvalue weighted by Gasteiger charge is -2.14. The van der Waals surface area contributed by atoms with Crippen LogP contribution in [0.4, 0.5) is 0 Å². The van der Waals surface area contributed by atoms with Crippen LogP contribution in [-0.2, 0) is 20.3 Å².